The fourth-order valence-electron chi connectivity index (χ4n) is 1.70. The van der Waals surface area contributed by atoms with Gasteiger partial charge in [-0.2, -0.15) is 0 Å². The lowest BCUT2D eigenvalue weighted by atomic mass is 10.0. The topological polar surface area (TPSA) is 38.7 Å². The summed E-state index contributed by atoms with van der Waals surface area (Å²) >= 11 is 0. The summed E-state index contributed by atoms with van der Waals surface area (Å²) in [6.45, 7) is 8.19. The Bertz CT molecular complexity index is 386. The summed E-state index contributed by atoms with van der Waals surface area (Å²) in [4.78, 5) is 10.3. The Kier molecular flexibility index (Phi) is 4.45. The molecule has 0 aliphatic carbocycles. The molecule has 3 nitrogen and oxygen atoms in total. The number of rotatable bonds is 5. The normalized spacial score (nSPS) is 12.4. The van der Waals surface area contributed by atoms with Gasteiger partial charge in [-0.1, -0.05) is 13.8 Å². The van der Waals surface area contributed by atoms with Gasteiger partial charge in [-0.3, -0.25) is 0 Å². The molecule has 102 valence electrons. The van der Waals surface area contributed by atoms with E-state index in [1.54, 1.807) is 14.2 Å². The molecule has 18 heavy (non-hydrogen) atoms. The first-order valence-corrected chi connectivity index (χ1v) is 9.08. The Morgan fingerprint density at radius 1 is 1.06 bits per heavy atom. The molecule has 0 radical (unpaired) electrons. The van der Waals surface area contributed by atoms with E-state index in [2.05, 4.69) is 13.8 Å². The van der Waals surface area contributed by atoms with E-state index >= 15 is 0 Å². The van der Waals surface area contributed by atoms with Crippen LogP contribution in [0.4, 0.5) is 0 Å². The summed E-state index contributed by atoms with van der Waals surface area (Å²) in [6.07, 6.45) is 0.816. The van der Waals surface area contributed by atoms with Crippen LogP contribution in [0.25, 0.3) is 0 Å². The monoisotopic (exact) mass is 268 g/mol. The molecule has 1 aromatic carbocycles. The van der Waals surface area contributed by atoms with E-state index in [1.165, 1.54) is 0 Å². The van der Waals surface area contributed by atoms with Crippen LogP contribution in [0.15, 0.2) is 18.2 Å². The second-order valence-electron chi connectivity index (χ2n) is 5.84. The van der Waals surface area contributed by atoms with Crippen LogP contribution >= 0.6 is 0 Å². The van der Waals surface area contributed by atoms with Crippen molar-refractivity contribution in [2.75, 3.05) is 14.2 Å². The molecule has 0 heterocycles. The molecule has 0 atom stereocenters. The second-order valence-corrected chi connectivity index (χ2v) is 10.3. The molecule has 4 heteroatoms. The summed E-state index contributed by atoms with van der Waals surface area (Å²) in [5.74, 6) is 1.58. The fourth-order valence-corrected chi connectivity index (χ4v) is 2.33. The van der Waals surface area contributed by atoms with Crippen LogP contribution in [0.5, 0.6) is 11.5 Å². The zero-order valence-electron chi connectivity index (χ0n) is 12.2. The van der Waals surface area contributed by atoms with Crippen LogP contribution in [0.3, 0.4) is 0 Å². The number of hydrogen-bond donors (Lipinski definition) is 1. The minimum Gasteiger partial charge on any atom is -0.497 e. The van der Waals surface area contributed by atoms with Crippen LogP contribution in [0, 0.1) is 0 Å². The van der Waals surface area contributed by atoms with Gasteiger partial charge >= 0.3 is 0 Å². The van der Waals surface area contributed by atoms with Crippen molar-refractivity contribution in [1.82, 2.24) is 0 Å². The highest BCUT2D eigenvalue weighted by Gasteiger charge is 2.38. The Morgan fingerprint density at radius 2 is 1.50 bits per heavy atom. The number of benzene rings is 1. The lowest BCUT2D eigenvalue weighted by Crippen LogP contribution is -2.40. The van der Waals surface area contributed by atoms with E-state index < -0.39 is 8.32 Å². The van der Waals surface area contributed by atoms with Gasteiger partial charge in [-0.15, -0.1) is 0 Å². The van der Waals surface area contributed by atoms with E-state index in [0.717, 1.165) is 23.5 Å². The SMILES string of the molecule is COc1cc(CC(C)(C)[Si](C)(C)O)cc(OC)c1. The molecule has 0 amide bonds. The molecule has 0 aliphatic heterocycles. The maximum Gasteiger partial charge on any atom is 0.188 e. The molecule has 1 aromatic rings. The molecular formula is C14H24O3Si. The van der Waals surface area contributed by atoms with E-state index in [4.69, 9.17) is 9.47 Å². The molecular weight excluding hydrogens is 244 g/mol. The maximum atomic E-state index is 10.3. The predicted molar refractivity (Wildman–Crippen MR) is 77.0 cm³/mol. The molecule has 0 aliphatic rings. The Morgan fingerprint density at radius 3 is 1.83 bits per heavy atom. The molecule has 1 N–H and O–H groups in total. The van der Waals surface area contributed by atoms with Gasteiger partial charge in [-0.25, -0.2) is 0 Å². The zero-order chi connectivity index (χ0) is 14.0. The molecule has 0 bridgehead atoms. The zero-order valence-corrected chi connectivity index (χ0v) is 13.2. The van der Waals surface area contributed by atoms with Gasteiger partial charge < -0.3 is 14.3 Å². The Balaban J connectivity index is 3.04. The number of ether oxygens (including phenoxy) is 2. The van der Waals surface area contributed by atoms with Crippen LogP contribution in [-0.4, -0.2) is 27.3 Å². The minimum atomic E-state index is -2.20. The summed E-state index contributed by atoms with van der Waals surface area (Å²) in [5, 5.41) is -0.0929. The van der Waals surface area contributed by atoms with Gasteiger partial charge in [0.2, 0.25) is 0 Å². The van der Waals surface area contributed by atoms with Gasteiger partial charge in [0.25, 0.3) is 0 Å². The van der Waals surface area contributed by atoms with Gasteiger partial charge in [0.15, 0.2) is 8.32 Å². The van der Waals surface area contributed by atoms with Gasteiger partial charge in [-0.05, 0) is 42.2 Å². The number of methoxy groups -OCH3 is 2. The third-order valence-corrected chi connectivity index (χ3v) is 7.20. The summed E-state index contributed by atoms with van der Waals surface area (Å²) < 4.78 is 10.5. The largest absolute Gasteiger partial charge is 0.497 e. The maximum absolute atomic E-state index is 10.3. The van der Waals surface area contributed by atoms with Crippen molar-refractivity contribution >= 4 is 8.32 Å². The smallest absolute Gasteiger partial charge is 0.188 e. The van der Waals surface area contributed by atoms with Crippen LogP contribution < -0.4 is 9.47 Å². The van der Waals surface area contributed by atoms with Crippen molar-refractivity contribution in [3.05, 3.63) is 23.8 Å². The van der Waals surface area contributed by atoms with E-state index in [-0.39, 0.29) is 5.04 Å². The van der Waals surface area contributed by atoms with E-state index in [0.29, 0.717) is 0 Å². The van der Waals surface area contributed by atoms with Crippen molar-refractivity contribution in [2.24, 2.45) is 0 Å². The van der Waals surface area contributed by atoms with Crippen LogP contribution in [0.2, 0.25) is 18.1 Å². The lowest BCUT2D eigenvalue weighted by molar-refractivity contribution is 0.392. The predicted octanol–water partition coefficient (Wildman–Crippen LogP) is 3.22. The quantitative estimate of drug-likeness (QED) is 0.833. The van der Waals surface area contributed by atoms with E-state index in [1.807, 2.05) is 31.3 Å². The lowest BCUT2D eigenvalue weighted by Gasteiger charge is -2.35. The highest BCUT2D eigenvalue weighted by Crippen LogP contribution is 2.39. The van der Waals surface area contributed by atoms with Crippen molar-refractivity contribution < 1.29 is 14.3 Å². The van der Waals surface area contributed by atoms with Crippen LogP contribution in [0.1, 0.15) is 19.4 Å². The average Bonchev–Trinajstić information content (AvgIpc) is 2.26. The Hall–Kier alpha value is -1.00. The van der Waals surface area contributed by atoms with Gasteiger partial charge in [0, 0.05) is 6.07 Å². The minimum absolute atomic E-state index is 0.0929. The van der Waals surface area contributed by atoms with E-state index in [9.17, 15) is 4.80 Å². The number of hydrogen-bond acceptors (Lipinski definition) is 3. The Labute approximate surface area is 111 Å². The molecule has 0 saturated carbocycles. The van der Waals surface area contributed by atoms with Crippen molar-refractivity contribution in [2.45, 2.75) is 38.4 Å². The molecule has 0 unspecified atom stereocenters. The second kappa shape index (κ2) is 5.32. The summed E-state index contributed by atoms with van der Waals surface area (Å²) in [7, 11) is 1.09. The van der Waals surface area contributed by atoms with Crippen LogP contribution in [-0.2, 0) is 6.42 Å². The summed E-state index contributed by atoms with van der Waals surface area (Å²) in [5.41, 5.74) is 1.13. The fraction of sp³-hybridized carbons (Fsp3) is 0.571. The molecule has 0 spiro atoms. The standard InChI is InChI=1S/C14H24O3Si/c1-14(2,18(5,6)15)10-11-7-12(16-3)9-13(8-11)17-4/h7-9,15H,10H2,1-6H3. The van der Waals surface area contributed by atoms with Crippen molar-refractivity contribution in [3.8, 4) is 11.5 Å². The summed E-state index contributed by atoms with van der Waals surface area (Å²) in [6, 6.07) is 5.87. The van der Waals surface area contributed by atoms with Crippen molar-refractivity contribution in [1.29, 1.82) is 0 Å². The first-order chi connectivity index (χ1) is 8.19. The first kappa shape index (κ1) is 15.1. The third kappa shape index (κ3) is 3.49. The first-order valence-electron chi connectivity index (χ1n) is 6.14. The molecule has 0 aromatic heterocycles. The highest BCUT2D eigenvalue weighted by molar-refractivity contribution is 6.72. The highest BCUT2D eigenvalue weighted by atomic mass is 28.4. The molecule has 1 rings (SSSR count). The average molecular weight is 268 g/mol. The van der Waals surface area contributed by atoms with Gasteiger partial charge in [0.1, 0.15) is 11.5 Å². The van der Waals surface area contributed by atoms with Crippen molar-refractivity contribution in [3.63, 3.8) is 0 Å². The molecule has 0 fully saturated rings. The molecule has 0 saturated heterocycles. The van der Waals surface area contributed by atoms with Gasteiger partial charge in [0.05, 0.1) is 14.2 Å². The third-order valence-electron chi connectivity index (χ3n) is 3.71.